The highest BCUT2D eigenvalue weighted by atomic mass is 32.1. The molecule has 2 aliphatic rings. The molecule has 7 rings (SSSR count). The Hall–Kier alpha value is -7.00. The Kier molecular flexibility index (Phi) is 15.5. The fourth-order valence-electron chi connectivity index (χ4n) is 8.59. The number of benzene rings is 4. The Labute approximate surface area is 412 Å². The van der Waals surface area contributed by atoms with Crippen LogP contribution >= 0.6 is 12.2 Å². The van der Waals surface area contributed by atoms with Crippen molar-refractivity contribution in [3.8, 4) is 28.2 Å². The molecule has 0 bridgehead atoms. The third-order valence-corrected chi connectivity index (χ3v) is 12.9. The van der Waals surface area contributed by atoms with Crippen LogP contribution in [0, 0.1) is 31.7 Å². The molecule has 3 atom stereocenters. The summed E-state index contributed by atoms with van der Waals surface area (Å²) < 4.78 is 33.0. The van der Waals surface area contributed by atoms with E-state index >= 15 is 4.39 Å². The first kappa shape index (κ1) is 50.9. The van der Waals surface area contributed by atoms with Crippen LogP contribution < -0.4 is 25.2 Å². The van der Waals surface area contributed by atoms with Crippen molar-refractivity contribution < 1.29 is 42.6 Å². The van der Waals surface area contributed by atoms with Crippen molar-refractivity contribution in [1.82, 2.24) is 20.5 Å². The van der Waals surface area contributed by atoms with Gasteiger partial charge in [-0.1, -0.05) is 69.3 Å². The monoisotopic (exact) mass is 971 g/mol. The molecular formula is C53H58FN7O8S. The largest absolute Gasteiger partial charge is 0.494 e. The maximum Gasteiger partial charge on any atom is 0.259 e. The first-order chi connectivity index (χ1) is 33.3. The second-order valence-corrected chi connectivity index (χ2v) is 19.5. The predicted molar refractivity (Wildman–Crippen MR) is 268 cm³/mol. The lowest BCUT2D eigenvalue weighted by molar-refractivity contribution is -0.144. The zero-order valence-corrected chi connectivity index (χ0v) is 41.2. The fourth-order valence-corrected chi connectivity index (χ4v) is 9.10. The SMILES string of the molecule is [C-]#[N+]c1ccc(N2C(=O)C(C)(C)N(c3ccc(-c4ccc(OCCCCOCC(=O)N[C@H](C(=O)N5C[C@H](O)C[C@H]5C(=O)NCc5ccc(-c6ocnc6C)cc5)C(C)(C)C)cc4)cc3F)C2=S)cc1C. The number of aryl methyl sites for hydroxylation is 2. The molecule has 17 heteroatoms. The molecular weight excluding hydrogens is 914 g/mol. The minimum Gasteiger partial charge on any atom is -0.494 e. The number of ether oxygens (including phenoxy) is 2. The third kappa shape index (κ3) is 11.2. The van der Waals surface area contributed by atoms with E-state index in [4.69, 9.17) is 32.7 Å². The Morgan fingerprint density at radius 1 is 0.986 bits per heavy atom. The van der Waals surface area contributed by atoms with Gasteiger partial charge < -0.3 is 39.4 Å². The molecule has 4 amide bonds. The van der Waals surface area contributed by atoms with Gasteiger partial charge in [0.1, 0.15) is 35.8 Å². The zero-order valence-electron chi connectivity index (χ0n) is 40.4. The molecule has 2 fully saturated rings. The molecule has 2 aliphatic heterocycles. The van der Waals surface area contributed by atoms with E-state index < -0.39 is 52.7 Å². The van der Waals surface area contributed by atoms with Gasteiger partial charge in [0.15, 0.2) is 23.0 Å². The van der Waals surface area contributed by atoms with Crippen LogP contribution in [-0.2, 0) is 30.5 Å². The second kappa shape index (κ2) is 21.3. The number of aromatic nitrogens is 1. The van der Waals surface area contributed by atoms with Gasteiger partial charge in [-0.05, 0) is 117 Å². The van der Waals surface area contributed by atoms with Crippen LogP contribution in [0.3, 0.4) is 0 Å². The highest BCUT2D eigenvalue weighted by molar-refractivity contribution is 7.81. The standard InChI is InChI=1S/C53H58FN7O8S/c1-32-25-38(18-21-42(32)55-8)60-50(66)53(6,7)61(51(60)70)43-22-17-37(26-41(43)54)35-15-19-40(20-16-35)68-24-10-9-23-67-30-45(63)58-47(52(3,4)5)49(65)59-29-39(62)27-44(59)48(64)56-28-34-11-13-36(14-12-34)46-33(2)57-31-69-46/h11-22,25-26,31,39,44,47,62H,9-10,23-24,27-30H2,1-7H3,(H,56,64)(H,58,63)/t39-,44+,47-/m1/s1. The molecule has 0 spiro atoms. The molecule has 5 aromatic rings. The number of aliphatic hydroxyl groups is 1. The molecule has 0 saturated carbocycles. The summed E-state index contributed by atoms with van der Waals surface area (Å²) in [6, 6.07) is 22.7. The van der Waals surface area contributed by atoms with Gasteiger partial charge in [-0.2, -0.15) is 0 Å². The molecule has 70 heavy (non-hydrogen) atoms. The summed E-state index contributed by atoms with van der Waals surface area (Å²) in [5.74, 6) is -0.906. The molecule has 366 valence electrons. The number of nitrogens with one attached hydrogen (secondary N) is 2. The summed E-state index contributed by atoms with van der Waals surface area (Å²) >= 11 is 5.75. The van der Waals surface area contributed by atoms with E-state index in [-0.39, 0.29) is 49.4 Å². The van der Waals surface area contributed by atoms with Gasteiger partial charge in [-0.25, -0.2) is 14.2 Å². The van der Waals surface area contributed by atoms with Crippen LogP contribution in [0.1, 0.15) is 70.7 Å². The van der Waals surface area contributed by atoms with Gasteiger partial charge in [-0.3, -0.25) is 24.1 Å². The molecule has 3 heterocycles. The van der Waals surface area contributed by atoms with Gasteiger partial charge in [0.25, 0.3) is 5.91 Å². The van der Waals surface area contributed by atoms with Gasteiger partial charge in [0.2, 0.25) is 17.7 Å². The van der Waals surface area contributed by atoms with Crippen molar-refractivity contribution >= 4 is 58.0 Å². The topological polar surface area (TPSA) is 171 Å². The Bertz CT molecular complexity index is 2800. The van der Waals surface area contributed by atoms with Crippen LogP contribution in [0.4, 0.5) is 21.5 Å². The van der Waals surface area contributed by atoms with E-state index in [1.165, 1.54) is 27.2 Å². The lowest BCUT2D eigenvalue weighted by Crippen LogP contribution is -2.58. The van der Waals surface area contributed by atoms with Gasteiger partial charge in [0, 0.05) is 37.4 Å². The number of rotatable bonds is 17. The maximum atomic E-state index is 15.9. The molecule has 0 unspecified atom stereocenters. The predicted octanol–water partition coefficient (Wildman–Crippen LogP) is 8.22. The van der Waals surface area contributed by atoms with Crippen LogP contribution in [0.25, 0.3) is 27.3 Å². The van der Waals surface area contributed by atoms with Gasteiger partial charge in [-0.15, -0.1) is 0 Å². The van der Waals surface area contributed by atoms with Crippen molar-refractivity contribution in [1.29, 1.82) is 0 Å². The summed E-state index contributed by atoms with van der Waals surface area (Å²) in [6.07, 6.45) is 1.80. The molecule has 4 aromatic carbocycles. The number of likely N-dealkylation sites (tertiary alicyclic amines) is 1. The second-order valence-electron chi connectivity index (χ2n) is 19.1. The van der Waals surface area contributed by atoms with Crippen LogP contribution in [0.2, 0.25) is 0 Å². The minimum absolute atomic E-state index is 0.0383. The number of anilines is 2. The van der Waals surface area contributed by atoms with Crippen molar-refractivity contribution in [2.24, 2.45) is 5.41 Å². The number of halogens is 1. The number of hydrogen-bond acceptors (Lipinski definition) is 10. The van der Waals surface area contributed by atoms with E-state index in [1.807, 2.05) is 64.1 Å². The normalized spacial score (nSPS) is 17.1. The van der Waals surface area contributed by atoms with E-state index in [1.54, 1.807) is 63.2 Å². The minimum atomic E-state index is -1.17. The summed E-state index contributed by atoms with van der Waals surface area (Å²) in [4.78, 5) is 66.0. The summed E-state index contributed by atoms with van der Waals surface area (Å²) in [5, 5.41) is 16.4. The average molecular weight is 972 g/mol. The molecule has 15 nitrogen and oxygen atoms in total. The summed E-state index contributed by atoms with van der Waals surface area (Å²) in [6.45, 7) is 20.4. The number of unbranched alkanes of at least 4 members (excludes halogenated alkanes) is 1. The summed E-state index contributed by atoms with van der Waals surface area (Å²) in [5.41, 5.74) is 3.82. The number of amides is 4. The first-order valence-corrected chi connectivity index (χ1v) is 23.5. The van der Waals surface area contributed by atoms with Gasteiger partial charge in [0.05, 0.1) is 30.7 Å². The number of carbonyl (C=O) groups is 4. The summed E-state index contributed by atoms with van der Waals surface area (Å²) in [7, 11) is 0. The Balaban J connectivity index is 0.843. The molecule has 1 aromatic heterocycles. The number of β-amino-alcohol motifs (C(OH)–C–C–N with tert-alkyl or cyclic N) is 1. The third-order valence-electron chi connectivity index (χ3n) is 12.5. The molecule has 0 aliphatic carbocycles. The zero-order chi connectivity index (χ0) is 50.5. The first-order valence-electron chi connectivity index (χ1n) is 23.1. The highest BCUT2D eigenvalue weighted by Gasteiger charge is 2.51. The fraction of sp³-hybridized carbons (Fsp3) is 0.377. The molecule has 2 saturated heterocycles. The number of nitrogens with zero attached hydrogens (tertiary/aromatic N) is 5. The van der Waals surface area contributed by atoms with Crippen LogP contribution in [0.15, 0.2) is 95.7 Å². The van der Waals surface area contributed by atoms with Crippen molar-refractivity contribution in [2.75, 3.05) is 36.2 Å². The molecule has 3 N–H and O–H groups in total. The quantitative estimate of drug-likeness (QED) is 0.0466. The van der Waals surface area contributed by atoms with Crippen molar-refractivity contribution in [2.45, 2.75) is 98.0 Å². The maximum absolute atomic E-state index is 15.9. The van der Waals surface area contributed by atoms with Crippen molar-refractivity contribution in [3.05, 3.63) is 125 Å². The number of oxazole rings is 1. The average Bonchev–Trinajstić information content (AvgIpc) is 3.99. The number of hydrogen-bond donors (Lipinski definition) is 3. The lowest BCUT2D eigenvalue weighted by atomic mass is 9.85. The molecule has 0 radical (unpaired) electrons. The van der Waals surface area contributed by atoms with E-state index in [0.717, 1.165) is 22.4 Å². The van der Waals surface area contributed by atoms with Gasteiger partial charge >= 0.3 is 0 Å². The number of thiocarbonyl (C=S) groups is 1. The van der Waals surface area contributed by atoms with Crippen molar-refractivity contribution in [3.63, 3.8) is 0 Å². The van der Waals surface area contributed by atoms with E-state index in [2.05, 4.69) is 20.5 Å². The van der Waals surface area contributed by atoms with E-state index in [0.29, 0.717) is 53.5 Å². The van der Waals surface area contributed by atoms with E-state index in [9.17, 15) is 24.3 Å². The smallest absolute Gasteiger partial charge is 0.259 e. The lowest BCUT2D eigenvalue weighted by Gasteiger charge is -2.35. The number of aliphatic hydroxyl groups excluding tert-OH is 1. The highest BCUT2D eigenvalue weighted by Crippen LogP contribution is 2.40. The Morgan fingerprint density at radius 3 is 2.31 bits per heavy atom. The number of carbonyl (C=O) groups excluding carboxylic acids is 4. The Morgan fingerprint density at radius 2 is 1.67 bits per heavy atom. The van der Waals surface area contributed by atoms with Crippen LogP contribution in [0.5, 0.6) is 5.75 Å². The van der Waals surface area contributed by atoms with Crippen LogP contribution in [-0.4, -0.2) is 93.8 Å².